The molecule has 3 N–H and O–H groups in total. The van der Waals surface area contributed by atoms with Gasteiger partial charge in [0.15, 0.2) is 0 Å². The van der Waals surface area contributed by atoms with Gasteiger partial charge in [0.1, 0.15) is 12.2 Å². The molecule has 0 aliphatic heterocycles. The van der Waals surface area contributed by atoms with Gasteiger partial charge in [-0.2, -0.15) is 0 Å². The number of phosphoric ester groups is 1. The number of carbonyl (C=O) groups is 2. The zero-order valence-corrected chi connectivity index (χ0v) is 26.6. The molecule has 0 aliphatic carbocycles. The van der Waals surface area contributed by atoms with Crippen molar-refractivity contribution in [2.45, 2.75) is 122 Å². The number of unbranched alkanes of at least 4 members (excludes halogenated alkanes) is 8. The molecule has 0 rings (SSSR count). The highest BCUT2D eigenvalue weighted by atomic mass is 31.2. The molecule has 0 saturated carbocycles. The summed E-state index contributed by atoms with van der Waals surface area (Å²) in [5.74, 6) is -1.06. The number of aliphatic hydroxyl groups excluding tert-OH is 2. The van der Waals surface area contributed by atoms with Crippen LogP contribution < -0.4 is 0 Å². The second kappa shape index (κ2) is 28.0. The van der Waals surface area contributed by atoms with E-state index in [2.05, 4.69) is 50.3 Å². The van der Waals surface area contributed by atoms with Crippen molar-refractivity contribution in [1.29, 1.82) is 0 Å². The molecule has 0 heterocycles. The standard InChI is InChI=1S/C31H55O10P/c1-3-5-7-9-10-11-12-13-14-15-16-17-18-19-21-23-31(35)41-29(25-33)27-39-42(36,37)38-26-28(24-32)40-30(34)22-20-8-6-4-2/h5,7,10-11,13-14,28-29,32-33H,3-4,6,8-9,12,15-27H2,1-2H3,(H,36,37)/b7-5-,11-10-,14-13-. The highest BCUT2D eigenvalue weighted by molar-refractivity contribution is 7.47. The second-order valence-electron chi connectivity index (χ2n) is 10.1. The minimum atomic E-state index is -4.61. The molecule has 10 nitrogen and oxygen atoms in total. The number of aliphatic hydroxyl groups is 2. The molecule has 3 unspecified atom stereocenters. The van der Waals surface area contributed by atoms with Crippen LogP contribution in [-0.4, -0.2) is 65.7 Å². The summed E-state index contributed by atoms with van der Waals surface area (Å²) >= 11 is 0. The summed E-state index contributed by atoms with van der Waals surface area (Å²) in [7, 11) is -4.61. The number of hydrogen-bond donors (Lipinski definition) is 3. The van der Waals surface area contributed by atoms with E-state index >= 15 is 0 Å². The first-order chi connectivity index (χ1) is 20.3. The Balaban J connectivity index is 4.04. The Morgan fingerprint density at radius 3 is 1.62 bits per heavy atom. The summed E-state index contributed by atoms with van der Waals surface area (Å²) in [5, 5.41) is 18.8. The minimum absolute atomic E-state index is 0.172. The maximum Gasteiger partial charge on any atom is 0.472 e. The van der Waals surface area contributed by atoms with Crippen LogP contribution in [0.15, 0.2) is 36.5 Å². The van der Waals surface area contributed by atoms with Crippen molar-refractivity contribution in [2.75, 3.05) is 26.4 Å². The van der Waals surface area contributed by atoms with E-state index in [4.69, 9.17) is 18.5 Å². The van der Waals surface area contributed by atoms with Crippen molar-refractivity contribution < 1.29 is 47.8 Å². The van der Waals surface area contributed by atoms with Gasteiger partial charge in [0.2, 0.25) is 0 Å². The molecule has 0 bridgehead atoms. The Hall–Kier alpha value is -1.81. The molecule has 0 spiro atoms. The van der Waals surface area contributed by atoms with Gasteiger partial charge in [-0.1, -0.05) is 88.8 Å². The third kappa shape index (κ3) is 25.9. The van der Waals surface area contributed by atoms with E-state index in [0.29, 0.717) is 12.8 Å². The summed E-state index contributed by atoms with van der Waals surface area (Å²) in [5.41, 5.74) is 0. The first-order valence-corrected chi connectivity index (χ1v) is 16.9. The molecule has 0 radical (unpaired) electrons. The predicted octanol–water partition coefficient (Wildman–Crippen LogP) is 6.49. The number of hydrogen-bond acceptors (Lipinski definition) is 9. The van der Waals surface area contributed by atoms with Gasteiger partial charge < -0.3 is 24.6 Å². The predicted molar refractivity (Wildman–Crippen MR) is 164 cm³/mol. The molecule has 0 amide bonds. The smallest absolute Gasteiger partial charge is 0.457 e. The van der Waals surface area contributed by atoms with Gasteiger partial charge in [-0.25, -0.2) is 4.57 Å². The lowest BCUT2D eigenvalue weighted by Crippen LogP contribution is -2.28. The van der Waals surface area contributed by atoms with Gasteiger partial charge in [-0.15, -0.1) is 0 Å². The summed E-state index contributed by atoms with van der Waals surface area (Å²) in [6, 6.07) is 0. The summed E-state index contributed by atoms with van der Waals surface area (Å²) in [4.78, 5) is 33.8. The fraction of sp³-hybridized carbons (Fsp3) is 0.742. The van der Waals surface area contributed by atoms with Gasteiger partial charge in [0.25, 0.3) is 0 Å². The van der Waals surface area contributed by atoms with Gasteiger partial charge >= 0.3 is 19.8 Å². The lowest BCUT2D eigenvalue weighted by Gasteiger charge is -2.20. The largest absolute Gasteiger partial charge is 0.472 e. The summed E-state index contributed by atoms with van der Waals surface area (Å²) in [6.07, 6.45) is 23.5. The van der Waals surface area contributed by atoms with Crippen molar-refractivity contribution in [2.24, 2.45) is 0 Å². The number of allylic oxidation sites excluding steroid dienone is 6. The molecule has 244 valence electrons. The monoisotopic (exact) mass is 618 g/mol. The molecular weight excluding hydrogens is 563 g/mol. The first-order valence-electron chi connectivity index (χ1n) is 15.4. The lowest BCUT2D eigenvalue weighted by molar-refractivity contribution is -0.153. The van der Waals surface area contributed by atoms with Crippen molar-refractivity contribution in [3.05, 3.63) is 36.5 Å². The molecule has 0 aromatic rings. The summed E-state index contributed by atoms with van der Waals surface area (Å²) < 4.78 is 32.0. The topological polar surface area (TPSA) is 149 Å². The zero-order valence-electron chi connectivity index (χ0n) is 25.7. The van der Waals surface area contributed by atoms with Crippen LogP contribution in [0.4, 0.5) is 0 Å². The van der Waals surface area contributed by atoms with E-state index in [1.165, 1.54) is 0 Å². The molecule has 11 heteroatoms. The maximum absolute atomic E-state index is 12.2. The Morgan fingerprint density at radius 1 is 0.667 bits per heavy atom. The summed E-state index contributed by atoms with van der Waals surface area (Å²) in [6.45, 7) is 1.87. The molecule has 0 fully saturated rings. The highest BCUT2D eigenvalue weighted by Gasteiger charge is 2.27. The molecule has 3 atom stereocenters. The van der Waals surface area contributed by atoms with Crippen LogP contribution >= 0.6 is 7.82 Å². The molecule has 0 aromatic carbocycles. The zero-order chi connectivity index (χ0) is 31.3. The number of carbonyl (C=O) groups excluding carboxylic acids is 2. The second-order valence-corrected chi connectivity index (χ2v) is 11.5. The Bertz CT molecular complexity index is 812. The van der Waals surface area contributed by atoms with Gasteiger partial charge in [0, 0.05) is 12.8 Å². The number of rotatable bonds is 28. The van der Waals surface area contributed by atoms with E-state index in [1.807, 2.05) is 0 Å². The third-order valence-electron chi connectivity index (χ3n) is 6.12. The van der Waals surface area contributed by atoms with Crippen LogP contribution in [0.1, 0.15) is 110 Å². The Kier molecular flexibility index (Phi) is 26.8. The van der Waals surface area contributed by atoms with E-state index in [-0.39, 0.29) is 12.8 Å². The highest BCUT2D eigenvalue weighted by Crippen LogP contribution is 2.43. The first kappa shape index (κ1) is 40.2. The molecular formula is C31H55O10P. The molecule has 0 aromatic heterocycles. The Morgan fingerprint density at radius 2 is 1.12 bits per heavy atom. The molecule has 42 heavy (non-hydrogen) atoms. The van der Waals surface area contributed by atoms with E-state index in [0.717, 1.165) is 70.6 Å². The van der Waals surface area contributed by atoms with Gasteiger partial charge in [-0.05, 0) is 44.9 Å². The molecule has 0 saturated heterocycles. The van der Waals surface area contributed by atoms with Gasteiger partial charge in [-0.3, -0.25) is 18.6 Å². The SMILES string of the molecule is CC/C=C\C/C=C\C/C=C\CCCCCCCC(=O)OC(CO)COP(=O)(O)OCC(CO)OC(=O)CCCCCC. The normalized spacial score (nSPS) is 14.9. The van der Waals surface area contributed by atoms with Crippen molar-refractivity contribution >= 4 is 19.8 Å². The average Bonchev–Trinajstić information content (AvgIpc) is 2.97. The third-order valence-corrected chi connectivity index (χ3v) is 7.07. The minimum Gasteiger partial charge on any atom is -0.457 e. The van der Waals surface area contributed by atoms with Gasteiger partial charge in [0.05, 0.1) is 26.4 Å². The van der Waals surface area contributed by atoms with Crippen LogP contribution in [0, 0.1) is 0 Å². The van der Waals surface area contributed by atoms with E-state index < -0.39 is 58.4 Å². The maximum atomic E-state index is 12.2. The van der Waals surface area contributed by atoms with Crippen molar-refractivity contribution in [1.82, 2.24) is 0 Å². The quantitative estimate of drug-likeness (QED) is 0.0384. The van der Waals surface area contributed by atoms with Crippen LogP contribution in [0.2, 0.25) is 0 Å². The number of ether oxygens (including phenoxy) is 2. The van der Waals surface area contributed by atoms with Crippen LogP contribution in [0.5, 0.6) is 0 Å². The van der Waals surface area contributed by atoms with Crippen molar-refractivity contribution in [3.8, 4) is 0 Å². The van der Waals surface area contributed by atoms with Crippen LogP contribution in [0.3, 0.4) is 0 Å². The average molecular weight is 619 g/mol. The Labute approximate surface area is 252 Å². The van der Waals surface area contributed by atoms with Crippen LogP contribution in [-0.2, 0) is 32.7 Å². The lowest BCUT2D eigenvalue weighted by atomic mass is 10.1. The molecule has 0 aliphatic rings. The van der Waals surface area contributed by atoms with E-state index in [9.17, 15) is 29.3 Å². The fourth-order valence-corrected chi connectivity index (χ4v) is 4.50. The fourth-order valence-electron chi connectivity index (χ4n) is 3.71. The number of esters is 2. The van der Waals surface area contributed by atoms with E-state index in [1.54, 1.807) is 0 Å². The van der Waals surface area contributed by atoms with Crippen LogP contribution in [0.25, 0.3) is 0 Å². The van der Waals surface area contributed by atoms with Crippen molar-refractivity contribution in [3.63, 3.8) is 0 Å². The number of phosphoric acid groups is 1.